The number of piperazine rings is 1. The van der Waals surface area contributed by atoms with Crippen molar-refractivity contribution in [3.63, 3.8) is 0 Å². The zero-order valence-electron chi connectivity index (χ0n) is 24.0. The van der Waals surface area contributed by atoms with Gasteiger partial charge in [0.05, 0.1) is 23.3 Å². The molecule has 0 bridgehead atoms. The van der Waals surface area contributed by atoms with Crippen LogP contribution in [-0.2, 0) is 16.1 Å². The first kappa shape index (κ1) is 30.6. The highest BCUT2D eigenvalue weighted by atomic mass is 19.3. The first-order valence-electron chi connectivity index (χ1n) is 13.5. The lowest BCUT2D eigenvalue weighted by Gasteiger charge is -2.40. The van der Waals surface area contributed by atoms with E-state index < -0.39 is 30.1 Å². The number of rotatable bonds is 10. The van der Waals surface area contributed by atoms with Gasteiger partial charge in [-0.25, -0.2) is 23.2 Å². The molecule has 12 nitrogen and oxygen atoms in total. The number of halogens is 2. The van der Waals surface area contributed by atoms with Crippen LogP contribution < -0.4 is 15.0 Å². The van der Waals surface area contributed by atoms with E-state index >= 15 is 0 Å². The zero-order chi connectivity index (χ0) is 30.4. The molecule has 1 aliphatic rings. The van der Waals surface area contributed by atoms with E-state index in [2.05, 4.69) is 20.6 Å². The summed E-state index contributed by atoms with van der Waals surface area (Å²) in [5.41, 5.74) is 1.91. The van der Waals surface area contributed by atoms with E-state index in [0.717, 1.165) is 5.69 Å². The maximum Gasteiger partial charge on any atom is 0.407 e. The van der Waals surface area contributed by atoms with Gasteiger partial charge in [-0.05, 0) is 45.9 Å². The van der Waals surface area contributed by atoms with Crippen LogP contribution in [0.25, 0.3) is 5.69 Å². The van der Waals surface area contributed by atoms with E-state index in [-0.39, 0.29) is 25.3 Å². The number of nitrogens with zero attached hydrogens (tertiary/aromatic N) is 6. The van der Waals surface area contributed by atoms with Gasteiger partial charge in [0.1, 0.15) is 23.9 Å². The van der Waals surface area contributed by atoms with Crippen LogP contribution in [0.2, 0.25) is 0 Å². The van der Waals surface area contributed by atoms with E-state index in [0.29, 0.717) is 42.6 Å². The van der Waals surface area contributed by atoms with Crippen LogP contribution in [0.4, 0.5) is 19.3 Å². The average Bonchev–Trinajstić information content (AvgIpc) is 3.31. The Balaban J connectivity index is 1.33. The van der Waals surface area contributed by atoms with Gasteiger partial charge in [0.25, 0.3) is 6.43 Å². The lowest BCUT2D eigenvalue weighted by atomic mass is 10.1. The third kappa shape index (κ3) is 7.90. The number of nitrogens with one attached hydrogen (secondary N) is 1. The predicted octanol–water partition coefficient (Wildman–Crippen LogP) is 3.59. The van der Waals surface area contributed by atoms with Gasteiger partial charge >= 0.3 is 12.1 Å². The topological polar surface area (TPSA) is 135 Å². The summed E-state index contributed by atoms with van der Waals surface area (Å²) in [4.78, 5) is 32.1. The molecule has 2 aromatic heterocycles. The molecule has 42 heavy (non-hydrogen) atoms. The Hall–Kier alpha value is -4.33. The molecule has 1 amide bonds. The Morgan fingerprint density at radius 2 is 1.83 bits per heavy atom. The third-order valence-electron chi connectivity index (χ3n) is 6.63. The molecule has 1 aromatic carbocycles. The minimum Gasteiger partial charge on any atom is -0.480 e. The fourth-order valence-corrected chi connectivity index (χ4v) is 4.47. The highest BCUT2D eigenvalue weighted by molar-refractivity contribution is 5.75. The molecule has 0 radical (unpaired) electrons. The SMILES string of the molecule is Cc1nnn(-c2ccc(C(F)F)cc2)c1COc1ccc(N2CCN(CCNC(=O)OC(C)(C)C)C(C(=O)O)C2)cn1. The summed E-state index contributed by atoms with van der Waals surface area (Å²) in [5, 5.41) is 20.7. The third-order valence-corrected chi connectivity index (χ3v) is 6.63. The molecule has 14 heteroatoms. The van der Waals surface area contributed by atoms with Gasteiger partial charge in [-0.1, -0.05) is 17.3 Å². The molecule has 0 saturated carbocycles. The number of anilines is 1. The van der Waals surface area contributed by atoms with Crippen LogP contribution in [0.5, 0.6) is 5.88 Å². The fraction of sp³-hybridized carbons (Fsp3) is 0.464. The standard InChI is InChI=1S/C28H35F2N7O5/c1-18-23(37(34-33-18)20-7-5-19(6-8-20)25(29)30)17-41-24-10-9-21(15-32-24)36-14-13-35(22(16-36)26(38)39)12-11-31-27(40)42-28(2,3)4/h5-10,15,22,25H,11-14,16-17H2,1-4H3,(H,31,40)(H,38,39). The molecule has 2 N–H and O–H groups in total. The number of carbonyl (C=O) groups excluding carboxylic acids is 1. The molecule has 4 rings (SSSR count). The molecule has 1 fully saturated rings. The van der Waals surface area contributed by atoms with Crippen LogP contribution in [0.1, 0.15) is 44.1 Å². The van der Waals surface area contributed by atoms with Crippen LogP contribution >= 0.6 is 0 Å². The second-order valence-corrected chi connectivity index (χ2v) is 10.8. The highest BCUT2D eigenvalue weighted by Crippen LogP contribution is 2.23. The van der Waals surface area contributed by atoms with Crippen molar-refractivity contribution in [1.82, 2.24) is 30.2 Å². The Labute approximate surface area is 242 Å². The Morgan fingerprint density at radius 3 is 2.45 bits per heavy atom. The number of benzene rings is 1. The Kier molecular flexibility index (Phi) is 9.55. The molecule has 1 atom stereocenters. The number of alkyl halides is 2. The zero-order valence-corrected chi connectivity index (χ0v) is 24.0. The molecular formula is C28H35F2N7O5. The number of hydrogen-bond donors (Lipinski definition) is 2. The number of aromatic nitrogens is 4. The van der Waals surface area contributed by atoms with Gasteiger partial charge in [0, 0.05) is 44.4 Å². The summed E-state index contributed by atoms with van der Waals surface area (Å²) in [6, 6.07) is 8.53. The maximum atomic E-state index is 12.9. The lowest BCUT2D eigenvalue weighted by molar-refractivity contribution is -0.143. The summed E-state index contributed by atoms with van der Waals surface area (Å²) in [7, 11) is 0. The van der Waals surface area contributed by atoms with Gasteiger partial charge in [-0.15, -0.1) is 5.10 Å². The Morgan fingerprint density at radius 1 is 1.12 bits per heavy atom. The summed E-state index contributed by atoms with van der Waals surface area (Å²) in [6.45, 7) is 9.14. The van der Waals surface area contributed by atoms with Crippen LogP contribution in [0, 0.1) is 6.92 Å². The monoisotopic (exact) mass is 587 g/mol. The number of carboxylic acid groups (broad SMARTS) is 1. The van der Waals surface area contributed by atoms with Crippen molar-refractivity contribution in [3.8, 4) is 11.6 Å². The smallest absolute Gasteiger partial charge is 0.407 e. The summed E-state index contributed by atoms with van der Waals surface area (Å²) in [5.74, 6) is -0.602. The predicted molar refractivity (Wildman–Crippen MR) is 149 cm³/mol. The number of aryl methyl sites for hydroxylation is 1. The van der Waals surface area contributed by atoms with Gasteiger partial charge in [-0.3, -0.25) is 9.69 Å². The van der Waals surface area contributed by atoms with Gasteiger partial charge in [0.15, 0.2) is 0 Å². The molecule has 3 aromatic rings. The first-order valence-corrected chi connectivity index (χ1v) is 13.5. The molecule has 1 unspecified atom stereocenters. The van der Waals surface area contributed by atoms with Crippen LogP contribution in [-0.4, -0.2) is 86.4 Å². The largest absolute Gasteiger partial charge is 0.480 e. The number of amides is 1. The number of alkyl carbamates (subject to hydrolysis) is 1. The minimum absolute atomic E-state index is 0.0797. The number of pyridine rings is 1. The quantitative estimate of drug-likeness (QED) is 0.362. The average molecular weight is 588 g/mol. The van der Waals surface area contributed by atoms with Crippen LogP contribution in [0.15, 0.2) is 42.6 Å². The minimum atomic E-state index is -2.56. The molecule has 0 spiro atoms. The second-order valence-electron chi connectivity index (χ2n) is 10.8. The van der Waals surface area contributed by atoms with Crippen molar-refractivity contribution >= 4 is 17.7 Å². The van der Waals surface area contributed by atoms with Crippen molar-refractivity contribution in [2.45, 2.75) is 52.4 Å². The molecule has 226 valence electrons. The second kappa shape index (κ2) is 13.1. The van der Waals surface area contributed by atoms with Gasteiger partial charge < -0.3 is 24.8 Å². The lowest BCUT2D eigenvalue weighted by Crippen LogP contribution is -2.57. The van der Waals surface area contributed by atoms with Crippen molar-refractivity contribution in [2.75, 3.05) is 37.6 Å². The van der Waals surface area contributed by atoms with Crippen molar-refractivity contribution < 1.29 is 33.0 Å². The normalized spacial score (nSPS) is 16.0. The Bertz CT molecular complexity index is 1360. The van der Waals surface area contributed by atoms with E-state index in [4.69, 9.17) is 9.47 Å². The molecule has 1 saturated heterocycles. The van der Waals surface area contributed by atoms with E-state index in [9.17, 15) is 23.5 Å². The summed E-state index contributed by atoms with van der Waals surface area (Å²) in [6.07, 6.45) is -1.47. The number of hydrogen-bond acceptors (Lipinski definition) is 9. The van der Waals surface area contributed by atoms with Crippen molar-refractivity contribution in [2.24, 2.45) is 0 Å². The van der Waals surface area contributed by atoms with E-state index in [1.807, 2.05) is 15.9 Å². The first-order chi connectivity index (χ1) is 19.9. The van der Waals surface area contributed by atoms with Crippen molar-refractivity contribution in [3.05, 3.63) is 59.5 Å². The molecule has 0 aliphatic carbocycles. The fourth-order valence-electron chi connectivity index (χ4n) is 4.47. The maximum absolute atomic E-state index is 12.9. The van der Waals surface area contributed by atoms with E-state index in [1.165, 1.54) is 16.8 Å². The molecule has 1 aliphatic heterocycles. The highest BCUT2D eigenvalue weighted by Gasteiger charge is 2.32. The van der Waals surface area contributed by atoms with Crippen LogP contribution in [0.3, 0.4) is 0 Å². The van der Waals surface area contributed by atoms with Gasteiger partial charge in [-0.2, -0.15) is 0 Å². The molecule has 3 heterocycles. The number of carbonyl (C=O) groups is 2. The summed E-state index contributed by atoms with van der Waals surface area (Å²) >= 11 is 0. The van der Waals surface area contributed by atoms with Crippen molar-refractivity contribution in [1.29, 1.82) is 0 Å². The number of ether oxygens (including phenoxy) is 2. The van der Waals surface area contributed by atoms with Gasteiger partial charge in [0.2, 0.25) is 5.88 Å². The van der Waals surface area contributed by atoms with E-state index in [1.54, 1.807) is 52.1 Å². The molecular weight excluding hydrogens is 552 g/mol. The summed E-state index contributed by atoms with van der Waals surface area (Å²) < 4.78 is 38.5. The number of aliphatic carboxylic acids is 1. The number of carboxylic acids is 1.